The quantitative estimate of drug-likeness (QED) is 0.724. The first kappa shape index (κ1) is 15.6. The molecule has 2 amide bonds. The standard InChI is InChI=1S/C14H20N2O2S/c1-9(2)11-5-4-6-12(7-11)16-14(18)13(8-19)15-10(3)17/h4-7,9,13,19H,8H2,1-3H3,(H,15,17)(H,16,18). The first-order valence-electron chi connectivity index (χ1n) is 6.22. The fourth-order valence-corrected chi connectivity index (χ4v) is 1.90. The van der Waals surface area contributed by atoms with E-state index in [2.05, 4.69) is 37.1 Å². The first-order chi connectivity index (χ1) is 8.93. The van der Waals surface area contributed by atoms with Crippen molar-refractivity contribution in [1.82, 2.24) is 5.32 Å². The van der Waals surface area contributed by atoms with Gasteiger partial charge in [-0.2, -0.15) is 12.6 Å². The Bertz CT molecular complexity index is 461. The number of anilines is 1. The summed E-state index contributed by atoms with van der Waals surface area (Å²) in [5.41, 5.74) is 1.88. The van der Waals surface area contributed by atoms with Gasteiger partial charge in [0.15, 0.2) is 0 Å². The van der Waals surface area contributed by atoms with Crippen LogP contribution in [-0.4, -0.2) is 23.6 Å². The van der Waals surface area contributed by atoms with Gasteiger partial charge in [0, 0.05) is 18.4 Å². The molecular weight excluding hydrogens is 260 g/mol. The first-order valence-corrected chi connectivity index (χ1v) is 6.86. The highest BCUT2D eigenvalue weighted by atomic mass is 32.1. The number of rotatable bonds is 5. The van der Waals surface area contributed by atoms with Gasteiger partial charge < -0.3 is 10.6 Å². The molecule has 0 radical (unpaired) electrons. The Balaban J connectivity index is 2.75. The molecule has 1 atom stereocenters. The van der Waals surface area contributed by atoms with Crippen molar-refractivity contribution in [2.75, 3.05) is 11.1 Å². The Morgan fingerprint density at radius 1 is 1.32 bits per heavy atom. The second-order valence-corrected chi connectivity index (χ2v) is 5.07. The van der Waals surface area contributed by atoms with Crippen molar-refractivity contribution in [3.8, 4) is 0 Å². The smallest absolute Gasteiger partial charge is 0.247 e. The lowest BCUT2D eigenvalue weighted by Crippen LogP contribution is -2.44. The lowest BCUT2D eigenvalue weighted by Gasteiger charge is -2.16. The number of thiol groups is 1. The normalized spacial score (nSPS) is 12.1. The van der Waals surface area contributed by atoms with E-state index in [1.165, 1.54) is 6.92 Å². The number of hydrogen-bond donors (Lipinski definition) is 3. The van der Waals surface area contributed by atoms with Crippen LogP contribution in [0.3, 0.4) is 0 Å². The Kier molecular flexibility index (Phi) is 5.89. The van der Waals surface area contributed by atoms with Gasteiger partial charge >= 0.3 is 0 Å². The van der Waals surface area contributed by atoms with Gasteiger partial charge in [0.2, 0.25) is 11.8 Å². The molecule has 1 aromatic rings. The Morgan fingerprint density at radius 2 is 2.00 bits per heavy atom. The predicted octanol–water partition coefficient (Wildman–Crippen LogP) is 2.18. The van der Waals surface area contributed by atoms with Crippen LogP contribution in [-0.2, 0) is 9.59 Å². The maximum Gasteiger partial charge on any atom is 0.247 e. The van der Waals surface area contributed by atoms with E-state index in [-0.39, 0.29) is 17.6 Å². The van der Waals surface area contributed by atoms with Crippen molar-refractivity contribution in [2.24, 2.45) is 0 Å². The maximum absolute atomic E-state index is 12.0. The summed E-state index contributed by atoms with van der Waals surface area (Å²) in [5, 5.41) is 5.35. The van der Waals surface area contributed by atoms with Gasteiger partial charge in [-0.25, -0.2) is 0 Å². The molecule has 1 unspecified atom stereocenters. The molecule has 0 saturated heterocycles. The SMILES string of the molecule is CC(=O)NC(CS)C(=O)Nc1cccc(C(C)C)c1. The Labute approximate surface area is 119 Å². The molecule has 4 nitrogen and oxygen atoms in total. The molecule has 0 aliphatic rings. The molecule has 1 rings (SSSR count). The van der Waals surface area contributed by atoms with Crippen molar-refractivity contribution >= 4 is 30.1 Å². The summed E-state index contributed by atoms with van der Waals surface area (Å²) < 4.78 is 0. The number of carbonyl (C=O) groups excluding carboxylic acids is 2. The van der Waals surface area contributed by atoms with E-state index in [1.807, 2.05) is 24.3 Å². The van der Waals surface area contributed by atoms with Crippen LogP contribution in [0.1, 0.15) is 32.3 Å². The molecule has 2 N–H and O–H groups in total. The number of benzene rings is 1. The van der Waals surface area contributed by atoms with E-state index in [4.69, 9.17) is 0 Å². The van der Waals surface area contributed by atoms with Crippen molar-refractivity contribution in [2.45, 2.75) is 32.7 Å². The van der Waals surface area contributed by atoms with Gasteiger partial charge in [0.25, 0.3) is 0 Å². The average molecular weight is 280 g/mol. The Morgan fingerprint density at radius 3 is 2.53 bits per heavy atom. The molecule has 19 heavy (non-hydrogen) atoms. The molecular formula is C14H20N2O2S. The lowest BCUT2D eigenvalue weighted by atomic mass is 10.0. The molecule has 0 saturated carbocycles. The van der Waals surface area contributed by atoms with Gasteiger partial charge in [-0.15, -0.1) is 0 Å². The molecule has 0 aromatic heterocycles. The van der Waals surface area contributed by atoms with Crippen LogP contribution in [0, 0.1) is 0 Å². The summed E-state index contributed by atoms with van der Waals surface area (Å²) in [5.74, 6) is 0.152. The van der Waals surface area contributed by atoms with Crippen LogP contribution in [0.25, 0.3) is 0 Å². The monoisotopic (exact) mass is 280 g/mol. The van der Waals surface area contributed by atoms with Crippen molar-refractivity contribution in [3.05, 3.63) is 29.8 Å². The highest BCUT2D eigenvalue weighted by molar-refractivity contribution is 7.80. The number of amides is 2. The second kappa shape index (κ2) is 7.19. The zero-order valence-electron chi connectivity index (χ0n) is 11.4. The molecule has 0 heterocycles. The van der Waals surface area contributed by atoms with Gasteiger partial charge in [-0.3, -0.25) is 9.59 Å². The molecule has 0 spiro atoms. The molecule has 0 aliphatic heterocycles. The van der Waals surface area contributed by atoms with Gasteiger partial charge in [0.1, 0.15) is 6.04 Å². The Hall–Kier alpha value is -1.49. The third kappa shape index (κ3) is 4.95. The third-order valence-electron chi connectivity index (χ3n) is 2.70. The van der Waals surface area contributed by atoms with E-state index in [9.17, 15) is 9.59 Å². The fourth-order valence-electron chi connectivity index (χ4n) is 1.64. The van der Waals surface area contributed by atoms with Crippen LogP contribution < -0.4 is 10.6 Å². The molecule has 5 heteroatoms. The van der Waals surface area contributed by atoms with Crippen molar-refractivity contribution in [1.29, 1.82) is 0 Å². The summed E-state index contributed by atoms with van der Waals surface area (Å²) >= 11 is 4.07. The minimum absolute atomic E-state index is 0.245. The van der Waals surface area contributed by atoms with Gasteiger partial charge in [-0.1, -0.05) is 26.0 Å². The largest absolute Gasteiger partial charge is 0.344 e. The second-order valence-electron chi connectivity index (χ2n) is 4.71. The van der Waals surface area contributed by atoms with Gasteiger partial charge in [-0.05, 0) is 23.6 Å². The average Bonchev–Trinajstić information content (AvgIpc) is 2.35. The van der Waals surface area contributed by atoms with E-state index in [1.54, 1.807) is 0 Å². The number of carbonyl (C=O) groups is 2. The van der Waals surface area contributed by atoms with Gasteiger partial charge in [0.05, 0.1) is 0 Å². The highest BCUT2D eigenvalue weighted by Crippen LogP contribution is 2.18. The lowest BCUT2D eigenvalue weighted by molar-refractivity contribution is -0.124. The number of nitrogens with one attached hydrogen (secondary N) is 2. The molecule has 104 valence electrons. The van der Waals surface area contributed by atoms with Crippen molar-refractivity contribution in [3.63, 3.8) is 0 Å². The van der Waals surface area contributed by atoms with Crippen LogP contribution in [0.2, 0.25) is 0 Å². The fraction of sp³-hybridized carbons (Fsp3) is 0.429. The summed E-state index contributed by atoms with van der Waals surface area (Å²) in [6.07, 6.45) is 0. The maximum atomic E-state index is 12.0. The minimum atomic E-state index is -0.622. The molecule has 0 aliphatic carbocycles. The predicted molar refractivity (Wildman–Crippen MR) is 80.6 cm³/mol. The minimum Gasteiger partial charge on any atom is -0.344 e. The van der Waals surface area contributed by atoms with Crippen LogP contribution in [0.4, 0.5) is 5.69 Å². The van der Waals surface area contributed by atoms with E-state index >= 15 is 0 Å². The zero-order valence-corrected chi connectivity index (χ0v) is 12.3. The summed E-state index contributed by atoms with van der Waals surface area (Å²) in [4.78, 5) is 23.0. The third-order valence-corrected chi connectivity index (χ3v) is 3.06. The van der Waals surface area contributed by atoms with Crippen LogP contribution in [0.15, 0.2) is 24.3 Å². The highest BCUT2D eigenvalue weighted by Gasteiger charge is 2.17. The molecule has 0 bridgehead atoms. The summed E-state index contributed by atoms with van der Waals surface area (Å²) in [6, 6.07) is 7.06. The molecule has 0 fully saturated rings. The van der Waals surface area contributed by atoms with E-state index in [0.29, 0.717) is 5.92 Å². The number of hydrogen-bond acceptors (Lipinski definition) is 3. The van der Waals surface area contributed by atoms with E-state index < -0.39 is 6.04 Å². The summed E-state index contributed by atoms with van der Waals surface area (Å²) in [7, 11) is 0. The zero-order chi connectivity index (χ0) is 14.4. The van der Waals surface area contributed by atoms with Crippen LogP contribution in [0.5, 0.6) is 0 Å². The van der Waals surface area contributed by atoms with Crippen molar-refractivity contribution < 1.29 is 9.59 Å². The van der Waals surface area contributed by atoms with Crippen LogP contribution >= 0.6 is 12.6 Å². The molecule has 1 aromatic carbocycles. The topological polar surface area (TPSA) is 58.2 Å². The summed E-state index contributed by atoms with van der Waals surface area (Å²) in [6.45, 7) is 5.56. The van der Waals surface area contributed by atoms with E-state index in [0.717, 1.165) is 11.3 Å².